The first-order valence-corrected chi connectivity index (χ1v) is 5.20. The standard InChI is InChI=1S/C10H13NOS/c1-3-10(11-12)8(2)7-9-5-4-6-13-9/h4-7,10H,3H2,1-2H3/b8-7+. The van der Waals surface area contributed by atoms with Gasteiger partial charge in [-0.25, -0.2) is 0 Å². The SMILES string of the molecule is CCC(N=O)/C(C)=C/c1cccs1. The summed E-state index contributed by atoms with van der Waals surface area (Å²) in [4.78, 5) is 11.6. The highest BCUT2D eigenvalue weighted by atomic mass is 32.1. The molecule has 1 unspecified atom stereocenters. The van der Waals surface area contributed by atoms with Crippen molar-refractivity contribution in [3.05, 3.63) is 32.9 Å². The first kappa shape index (κ1) is 10.1. The van der Waals surface area contributed by atoms with Gasteiger partial charge >= 0.3 is 0 Å². The van der Waals surface area contributed by atoms with Crippen LogP contribution in [0.3, 0.4) is 0 Å². The van der Waals surface area contributed by atoms with E-state index in [1.165, 1.54) is 4.88 Å². The minimum absolute atomic E-state index is 0.165. The molecule has 70 valence electrons. The maximum absolute atomic E-state index is 10.4. The van der Waals surface area contributed by atoms with Gasteiger partial charge < -0.3 is 0 Å². The van der Waals surface area contributed by atoms with E-state index in [2.05, 4.69) is 5.18 Å². The van der Waals surface area contributed by atoms with Gasteiger partial charge in [-0.05, 0) is 36.4 Å². The van der Waals surface area contributed by atoms with E-state index >= 15 is 0 Å². The van der Waals surface area contributed by atoms with Crippen LogP contribution in [0.5, 0.6) is 0 Å². The number of hydrogen-bond acceptors (Lipinski definition) is 3. The van der Waals surface area contributed by atoms with Crippen LogP contribution in [0.1, 0.15) is 25.1 Å². The Bertz CT molecular complexity index is 290. The molecule has 1 aromatic rings. The van der Waals surface area contributed by atoms with Crippen LogP contribution in [0.4, 0.5) is 0 Å². The van der Waals surface area contributed by atoms with E-state index in [0.717, 1.165) is 12.0 Å². The van der Waals surface area contributed by atoms with Crippen molar-refractivity contribution < 1.29 is 0 Å². The molecule has 0 bridgehead atoms. The van der Waals surface area contributed by atoms with Crippen LogP contribution < -0.4 is 0 Å². The zero-order chi connectivity index (χ0) is 9.68. The lowest BCUT2D eigenvalue weighted by Gasteiger charge is -2.04. The van der Waals surface area contributed by atoms with Gasteiger partial charge in [0.1, 0.15) is 6.04 Å². The average Bonchev–Trinajstić information content (AvgIpc) is 2.59. The smallest absolute Gasteiger partial charge is 0.113 e. The maximum Gasteiger partial charge on any atom is 0.113 e. The predicted octanol–water partition coefficient (Wildman–Crippen LogP) is 3.70. The Morgan fingerprint density at radius 2 is 2.54 bits per heavy atom. The molecule has 0 aliphatic carbocycles. The summed E-state index contributed by atoms with van der Waals surface area (Å²) in [6, 6.07) is 3.87. The monoisotopic (exact) mass is 195 g/mol. The van der Waals surface area contributed by atoms with E-state index in [1.807, 2.05) is 37.4 Å². The Morgan fingerprint density at radius 1 is 1.77 bits per heavy atom. The summed E-state index contributed by atoms with van der Waals surface area (Å²) < 4.78 is 0. The molecule has 0 saturated carbocycles. The maximum atomic E-state index is 10.4. The highest BCUT2D eigenvalue weighted by Gasteiger charge is 2.07. The van der Waals surface area contributed by atoms with Crippen LogP contribution in [-0.2, 0) is 0 Å². The molecule has 2 nitrogen and oxygen atoms in total. The molecule has 0 saturated heterocycles. The largest absolute Gasteiger partial charge is 0.150 e. The van der Waals surface area contributed by atoms with E-state index < -0.39 is 0 Å². The van der Waals surface area contributed by atoms with Gasteiger partial charge in [0, 0.05) is 4.88 Å². The van der Waals surface area contributed by atoms with Crippen molar-refractivity contribution in [2.45, 2.75) is 26.3 Å². The lowest BCUT2D eigenvalue weighted by Crippen LogP contribution is -2.02. The highest BCUT2D eigenvalue weighted by molar-refractivity contribution is 7.10. The zero-order valence-corrected chi connectivity index (χ0v) is 8.67. The van der Waals surface area contributed by atoms with Crippen LogP contribution in [0.15, 0.2) is 28.3 Å². The molecule has 0 spiro atoms. The molecule has 0 aliphatic rings. The third kappa shape index (κ3) is 2.77. The van der Waals surface area contributed by atoms with Crippen molar-refractivity contribution in [3.8, 4) is 0 Å². The number of rotatable bonds is 4. The molecule has 0 amide bonds. The van der Waals surface area contributed by atoms with Crippen molar-refractivity contribution in [1.82, 2.24) is 0 Å². The fraction of sp³-hybridized carbons (Fsp3) is 0.400. The first-order chi connectivity index (χ1) is 6.27. The van der Waals surface area contributed by atoms with Gasteiger partial charge in [-0.2, -0.15) is 4.91 Å². The molecule has 0 N–H and O–H groups in total. The number of nitroso groups, excluding NO2 is 1. The van der Waals surface area contributed by atoms with Crippen LogP contribution in [0.2, 0.25) is 0 Å². The van der Waals surface area contributed by atoms with Crippen molar-refractivity contribution in [3.63, 3.8) is 0 Å². The summed E-state index contributed by atoms with van der Waals surface area (Å²) in [5, 5.41) is 5.10. The normalized spacial score (nSPS) is 14.2. The number of hydrogen-bond donors (Lipinski definition) is 0. The van der Waals surface area contributed by atoms with E-state index in [-0.39, 0.29) is 6.04 Å². The lowest BCUT2D eigenvalue weighted by molar-refractivity contribution is 0.740. The topological polar surface area (TPSA) is 29.4 Å². The van der Waals surface area contributed by atoms with Gasteiger partial charge in [-0.1, -0.05) is 18.2 Å². The highest BCUT2D eigenvalue weighted by Crippen LogP contribution is 2.17. The van der Waals surface area contributed by atoms with Crippen LogP contribution in [-0.4, -0.2) is 6.04 Å². The predicted molar refractivity (Wildman–Crippen MR) is 57.8 cm³/mol. The fourth-order valence-electron chi connectivity index (χ4n) is 1.17. The molecule has 3 heteroatoms. The fourth-order valence-corrected chi connectivity index (χ4v) is 1.90. The second-order valence-electron chi connectivity index (χ2n) is 2.93. The van der Waals surface area contributed by atoms with Gasteiger partial charge in [-0.3, -0.25) is 0 Å². The lowest BCUT2D eigenvalue weighted by atomic mass is 10.1. The Balaban J connectivity index is 2.76. The Kier molecular flexibility index (Phi) is 3.83. The molecule has 1 atom stereocenters. The van der Waals surface area contributed by atoms with Crippen LogP contribution >= 0.6 is 11.3 Å². The van der Waals surface area contributed by atoms with E-state index in [1.54, 1.807) is 11.3 Å². The summed E-state index contributed by atoms with van der Waals surface area (Å²) in [6.07, 6.45) is 2.80. The summed E-state index contributed by atoms with van der Waals surface area (Å²) in [7, 11) is 0. The van der Waals surface area contributed by atoms with Gasteiger partial charge in [0.25, 0.3) is 0 Å². The summed E-state index contributed by atoms with van der Waals surface area (Å²) in [6.45, 7) is 3.92. The summed E-state index contributed by atoms with van der Waals surface area (Å²) >= 11 is 1.67. The van der Waals surface area contributed by atoms with Crippen molar-refractivity contribution >= 4 is 17.4 Å². The van der Waals surface area contributed by atoms with E-state index in [0.29, 0.717) is 0 Å². The number of nitrogens with zero attached hydrogens (tertiary/aromatic N) is 1. The van der Waals surface area contributed by atoms with Gasteiger partial charge in [0.05, 0.1) is 0 Å². The first-order valence-electron chi connectivity index (χ1n) is 4.32. The summed E-state index contributed by atoms with van der Waals surface area (Å²) in [5.74, 6) is 0. The average molecular weight is 195 g/mol. The van der Waals surface area contributed by atoms with E-state index in [9.17, 15) is 4.91 Å². The van der Waals surface area contributed by atoms with Crippen LogP contribution in [0.25, 0.3) is 6.08 Å². The summed E-state index contributed by atoms with van der Waals surface area (Å²) in [5.41, 5.74) is 1.04. The minimum Gasteiger partial charge on any atom is -0.150 e. The van der Waals surface area contributed by atoms with Crippen molar-refractivity contribution in [2.24, 2.45) is 5.18 Å². The number of thiophene rings is 1. The molecule has 1 heterocycles. The molecule has 0 radical (unpaired) electrons. The third-order valence-corrected chi connectivity index (χ3v) is 2.77. The van der Waals surface area contributed by atoms with Gasteiger partial charge in [0.2, 0.25) is 0 Å². The quantitative estimate of drug-likeness (QED) is 0.673. The molecular weight excluding hydrogens is 182 g/mol. The molecule has 1 aromatic heterocycles. The Morgan fingerprint density at radius 3 is 3.00 bits per heavy atom. The minimum atomic E-state index is -0.165. The van der Waals surface area contributed by atoms with Crippen molar-refractivity contribution in [1.29, 1.82) is 0 Å². The second kappa shape index (κ2) is 4.92. The van der Waals surface area contributed by atoms with Gasteiger partial charge in [0.15, 0.2) is 0 Å². The van der Waals surface area contributed by atoms with E-state index in [4.69, 9.17) is 0 Å². The third-order valence-electron chi connectivity index (χ3n) is 1.95. The molecular formula is C10H13NOS. The molecule has 0 fully saturated rings. The Hall–Kier alpha value is -0.960. The molecule has 13 heavy (non-hydrogen) atoms. The molecule has 1 rings (SSSR count). The van der Waals surface area contributed by atoms with Crippen molar-refractivity contribution in [2.75, 3.05) is 0 Å². The van der Waals surface area contributed by atoms with Gasteiger partial charge in [-0.15, -0.1) is 11.3 Å². The molecule has 0 aliphatic heterocycles. The Labute approximate surface area is 82.3 Å². The second-order valence-corrected chi connectivity index (χ2v) is 3.91. The molecule has 0 aromatic carbocycles. The van der Waals surface area contributed by atoms with Crippen LogP contribution in [0, 0.1) is 4.91 Å². The zero-order valence-electron chi connectivity index (χ0n) is 7.86.